The molecule has 0 amide bonds. The van der Waals surface area contributed by atoms with Crippen LogP contribution in [0.4, 0.5) is 0 Å². The number of hydrogen-bond acceptors (Lipinski definition) is 4. The van der Waals surface area contributed by atoms with Crippen molar-refractivity contribution in [2.75, 3.05) is 19.8 Å². The molecule has 0 saturated carbocycles. The van der Waals surface area contributed by atoms with Gasteiger partial charge in [-0.2, -0.15) is 0 Å². The highest BCUT2D eigenvalue weighted by Crippen LogP contribution is 2.33. The van der Waals surface area contributed by atoms with E-state index in [1.54, 1.807) is 0 Å². The zero-order chi connectivity index (χ0) is 15.6. The third-order valence-corrected chi connectivity index (χ3v) is 4.58. The van der Waals surface area contributed by atoms with Gasteiger partial charge in [0.2, 0.25) is 0 Å². The van der Waals surface area contributed by atoms with Gasteiger partial charge in [-0.25, -0.2) is 0 Å². The molecule has 2 aliphatic heterocycles. The molecule has 2 aromatic rings. The van der Waals surface area contributed by atoms with Crippen LogP contribution in [0, 0.1) is 0 Å². The Labute approximate surface area is 136 Å². The summed E-state index contributed by atoms with van der Waals surface area (Å²) in [6.45, 7) is 3.99. The Morgan fingerprint density at radius 2 is 1.65 bits per heavy atom. The number of benzene rings is 2. The molecular weight excluding hydrogens is 290 g/mol. The molecular formula is C19H21NO3. The molecule has 2 aromatic carbocycles. The lowest BCUT2D eigenvalue weighted by Gasteiger charge is -2.21. The number of hydrogen-bond donors (Lipinski definition) is 1. The predicted molar refractivity (Wildman–Crippen MR) is 87.6 cm³/mol. The standard InChI is InChI=1S/C19H21NO3/c21-17(14-5-6-18-19(11-14)23-10-9-22-18)7-8-20-12-15-3-1-2-4-16(15)13-20/h1-6,11,17,21H,7-10,12-13H2. The van der Waals surface area contributed by atoms with Crippen LogP contribution in [0.2, 0.25) is 0 Å². The first-order valence-electron chi connectivity index (χ1n) is 8.16. The van der Waals surface area contributed by atoms with Crippen LogP contribution in [0.3, 0.4) is 0 Å². The van der Waals surface area contributed by atoms with Crippen LogP contribution in [0.15, 0.2) is 42.5 Å². The van der Waals surface area contributed by atoms with Gasteiger partial charge in [0.1, 0.15) is 13.2 Å². The second-order valence-electron chi connectivity index (χ2n) is 6.19. The second-order valence-corrected chi connectivity index (χ2v) is 6.19. The van der Waals surface area contributed by atoms with Crippen LogP contribution in [0.1, 0.15) is 29.2 Å². The first kappa shape index (κ1) is 14.5. The molecule has 1 N–H and O–H groups in total. The van der Waals surface area contributed by atoms with Crippen molar-refractivity contribution >= 4 is 0 Å². The normalized spacial score (nSPS) is 17.8. The zero-order valence-electron chi connectivity index (χ0n) is 13.1. The van der Waals surface area contributed by atoms with Gasteiger partial charge in [0.05, 0.1) is 6.10 Å². The Balaban J connectivity index is 1.36. The van der Waals surface area contributed by atoms with Gasteiger partial charge in [-0.05, 0) is 35.2 Å². The van der Waals surface area contributed by atoms with Crippen molar-refractivity contribution in [2.45, 2.75) is 25.6 Å². The van der Waals surface area contributed by atoms with E-state index in [9.17, 15) is 5.11 Å². The topological polar surface area (TPSA) is 41.9 Å². The number of aliphatic hydroxyl groups is 1. The van der Waals surface area contributed by atoms with E-state index in [2.05, 4.69) is 29.2 Å². The lowest BCUT2D eigenvalue weighted by atomic mass is 10.1. The molecule has 4 nitrogen and oxygen atoms in total. The molecule has 4 heteroatoms. The fourth-order valence-electron chi connectivity index (χ4n) is 3.30. The SMILES string of the molecule is OC(CCN1Cc2ccccc2C1)c1ccc2c(c1)OCCO2. The van der Waals surface area contributed by atoms with Gasteiger partial charge < -0.3 is 14.6 Å². The summed E-state index contributed by atoms with van der Waals surface area (Å²) in [6, 6.07) is 14.3. The average Bonchev–Trinajstić information content (AvgIpc) is 3.02. The van der Waals surface area contributed by atoms with Crippen LogP contribution in [-0.2, 0) is 13.1 Å². The Bertz CT molecular complexity index is 676. The largest absolute Gasteiger partial charge is 0.486 e. The molecule has 120 valence electrons. The summed E-state index contributed by atoms with van der Waals surface area (Å²) < 4.78 is 11.1. The van der Waals surface area contributed by atoms with Crippen molar-refractivity contribution in [1.82, 2.24) is 4.90 Å². The highest BCUT2D eigenvalue weighted by atomic mass is 16.6. The molecule has 0 spiro atoms. The van der Waals surface area contributed by atoms with Crippen molar-refractivity contribution in [2.24, 2.45) is 0 Å². The van der Waals surface area contributed by atoms with Crippen LogP contribution in [-0.4, -0.2) is 29.8 Å². The van der Waals surface area contributed by atoms with E-state index in [4.69, 9.17) is 9.47 Å². The first-order valence-corrected chi connectivity index (χ1v) is 8.16. The van der Waals surface area contributed by atoms with E-state index >= 15 is 0 Å². The Morgan fingerprint density at radius 3 is 2.39 bits per heavy atom. The fraction of sp³-hybridized carbons (Fsp3) is 0.368. The molecule has 0 saturated heterocycles. The minimum absolute atomic E-state index is 0.477. The Kier molecular flexibility index (Phi) is 3.93. The lowest BCUT2D eigenvalue weighted by Crippen LogP contribution is -2.20. The van der Waals surface area contributed by atoms with E-state index in [-0.39, 0.29) is 0 Å². The lowest BCUT2D eigenvalue weighted by molar-refractivity contribution is 0.139. The van der Waals surface area contributed by atoms with Crippen LogP contribution in [0.5, 0.6) is 11.5 Å². The van der Waals surface area contributed by atoms with Gasteiger partial charge in [-0.3, -0.25) is 4.90 Å². The highest BCUT2D eigenvalue weighted by Gasteiger charge is 2.20. The second kappa shape index (κ2) is 6.22. The van der Waals surface area contributed by atoms with Gasteiger partial charge in [0, 0.05) is 19.6 Å². The van der Waals surface area contributed by atoms with Gasteiger partial charge >= 0.3 is 0 Å². The number of ether oxygens (including phenoxy) is 2. The van der Waals surface area contributed by atoms with E-state index in [0.29, 0.717) is 19.6 Å². The van der Waals surface area contributed by atoms with Crippen molar-refractivity contribution < 1.29 is 14.6 Å². The van der Waals surface area contributed by atoms with Gasteiger partial charge in [-0.1, -0.05) is 30.3 Å². The smallest absolute Gasteiger partial charge is 0.161 e. The summed E-state index contributed by atoms with van der Waals surface area (Å²) in [5.41, 5.74) is 3.70. The summed E-state index contributed by atoms with van der Waals surface area (Å²) in [5.74, 6) is 1.50. The first-order chi connectivity index (χ1) is 11.3. The molecule has 2 aliphatic rings. The summed E-state index contributed by atoms with van der Waals surface area (Å²) in [4.78, 5) is 2.38. The van der Waals surface area contributed by atoms with Gasteiger partial charge in [-0.15, -0.1) is 0 Å². The van der Waals surface area contributed by atoms with Crippen molar-refractivity contribution in [3.05, 3.63) is 59.2 Å². The maximum absolute atomic E-state index is 10.5. The molecule has 0 fully saturated rings. The molecule has 0 aliphatic carbocycles. The monoisotopic (exact) mass is 311 g/mol. The Morgan fingerprint density at radius 1 is 0.957 bits per heavy atom. The maximum atomic E-state index is 10.5. The molecule has 1 atom stereocenters. The predicted octanol–water partition coefficient (Wildman–Crippen LogP) is 2.90. The van der Waals surface area contributed by atoms with Crippen molar-refractivity contribution in [3.63, 3.8) is 0 Å². The third kappa shape index (κ3) is 3.05. The summed E-state index contributed by atoms with van der Waals surface area (Å²) in [5, 5.41) is 10.5. The molecule has 23 heavy (non-hydrogen) atoms. The van der Waals surface area contributed by atoms with Crippen LogP contribution < -0.4 is 9.47 Å². The summed E-state index contributed by atoms with van der Waals surface area (Å²) in [6.07, 6.45) is 0.239. The van der Waals surface area contributed by atoms with E-state index in [1.165, 1.54) is 11.1 Å². The van der Waals surface area contributed by atoms with Gasteiger partial charge in [0.15, 0.2) is 11.5 Å². The fourth-order valence-corrected chi connectivity index (χ4v) is 3.30. The number of fused-ring (bicyclic) bond motifs is 2. The minimum atomic E-state index is -0.477. The summed E-state index contributed by atoms with van der Waals surface area (Å²) >= 11 is 0. The maximum Gasteiger partial charge on any atom is 0.161 e. The zero-order valence-corrected chi connectivity index (χ0v) is 13.1. The number of nitrogens with zero attached hydrogens (tertiary/aromatic N) is 1. The number of rotatable bonds is 4. The molecule has 4 rings (SSSR count). The van der Waals surface area contributed by atoms with Gasteiger partial charge in [0.25, 0.3) is 0 Å². The van der Waals surface area contributed by atoms with Crippen LogP contribution >= 0.6 is 0 Å². The number of aliphatic hydroxyl groups excluding tert-OH is 1. The molecule has 2 heterocycles. The molecule has 0 bridgehead atoms. The minimum Gasteiger partial charge on any atom is -0.486 e. The quantitative estimate of drug-likeness (QED) is 0.943. The van der Waals surface area contributed by atoms with Crippen LogP contribution in [0.25, 0.3) is 0 Å². The highest BCUT2D eigenvalue weighted by molar-refractivity contribution is 5.44. The molecule has 0 aromatic heterocycles. The summed E-state index contributed by atoms with van der Waals surface area (Å²) in [7, 11) is 0. The molecule has 0 radical (unpaired) electrons. The average molecular weight is 311 g/mol. The van der Waals surface area contributed by atoms with E-state index in [1.807, 2.05) is 18.2 Å². The van der Waals surface area contributed by atoms with E-state index in [0.717, 1.165) is 36.7 Å². The van der Waals surface area contributed by atoms with Crippen molar-refractivity contribution in [3.8, 4) is 11.5 Å². The third-order valence-electron chi connectivity index (χ3n) is 4.58. The van der Waals surface area contributed by atoms with Crippen molar-refractivity contribution in [1.29, 1.82) is 0 Å². The molecule has 1 unspecified atom stereocenters. The van der Waals surface area contributed by atoms with E-state index < -0.39 is 6.10 Å². The Hall–Kier alpha value is -2.04.